The fourth-order valence-electron chi connectivity index (χ4n) is 1.58. The second-order valence-corrected chi connectivity index (χ2v) is 7.61. The van der Waals surface area contributed by atoms with Crippen LogP contribution in [0.3, 0.4) is 0 Å². The minimum atomic E-state index is -3.39. The van der Waals surface area contributed by atoms with Gasteiger partial charge in [-0.25, -0.2) is 12.7 Å². The predicted octanol–water partition coefficient (Wildman–Crippen LogP) is 3.13. The molecule has 0 saturated heterocycles. The van der Waals surface area contributed by atoms with E-state index in [1.807, 2.05) is 0 Å². The van der Waals surface area contributed by atoms with Crippen LogP contribution in [0.1, 0.15) is 12.8 Å². The van der Waals surface area contributed by atoms with Gasteiger partial charge in [-0.05, 0) is 52.9 Å². The number of rotatable bonds is 4. The molecule has 0 unspecified atom stereocenters. The van der Waals surface area contributed by atoms with E-state index in [1.165, 1.54) is 10.4 Å². The van der Waals surface area contributed by atoms with Crippen LogP contribution in [0.5, 0.6) is 0 Å². The van der Waals surface area contributed by atoms with Gasteiger partial charge in [0.1, 0.15) is 0 Å². The molecule has 0 bridgehead atoms. The van der Waals surface area contributed by atoms with Gasteiger partial charge in [-0.3, -0.25) is 0 Å². The normalized spacial score (nSPS) is 16.5. The second-order valence-electron chi connectivity index (χ2n) is 4.30. The van der Waals surface area contributed by atoms with Crippen LogP contribution >= 0.6 is 27.5 Å². The molecular formula is C11H13BrClNO2S. The minimum absolute atomic E-state index is 0.275. The molecule has 0 N–H and O–H groups in total. The standard InChI is InChI=1S/C11H13BrClNO2S/c1-14(7-8-2-3-8)17(15,16)9-4-5-11(13)10(12)6-9/h4-6,8H,2-3,7H2,1H3. The molecule has 1 aromatic rings. The van der Waals surface area contributed by atoms with Crippen LogP contribution in [0.4, 0.5) is 0 Å². The molecule has 17 heavy (non-hydrogen) atoms. The molecular weight excluding hydrogens is 326 g/mol. The Labute approximate surface area is 115 Å². The maximum Gasteiger partial charge on any atom is 0.242 e. The van der Waals surface area contributed by atoms with Crippen molar-refractivity contribution in [2.45, 2.75) is 17.7 Å². The summed E-state index contributed by atoms with van der Waals surface area (Å²) in [6.45, 7) is 0.600. The number of halogens is 2. The van der Waals surface area contributed by atoms with Gasteiger partial charge in [0.25, 0.3) is 0 Å². The Balaban J connectivity index is 2.26. The number of hydrogen-bond acceptors (Lipinski definition) is 2. The van der Waals surface area contributed by atoms with Gasteiger partial charge in [-0.1, -0.05) is 11.6 Å². The van der Waals surface area contributed by atoms with Crippen LogP contribution in [0.25, 0.3) is 0 Å². The maximum atomic E-state index is 12.2. The third kappa shape index (κ3) is 3.02. The van der Waals surface area contributed by atoms with Crippen LogP contribution in [0.15, 0.2) is 27.6 Å². The molecule has 0 spiro atoms. The number of benzene rings is 1. The first kappa shape index (κ1) is 13.3. The maximum absolute atomic E-state index is 12.2. The first-order chi connectivity index (χ1) is 7.91. The van der Waals surface area contributed by atoms with E-state index in [2.05, 4.69) is 15.9 Å². The summed E-state index contributed by atoms with van der Waals surface area (Å²) in [4.78, 5) is 0.275. The lowest BCUT2D eigenvalue weighted by Gasteiger charge is -2.17. The lowest BCUT2D eigenvalue weighted by Crippen LogP contribution is -2.28. The zero-order chi connectivity index (χ0) is 12.6. The highest BCUT2D eigenvalue weighted by Crippen LogP contribution is 2.32. The Hall–Kier alpha value is -0.100. The number of sulfonamides is 1. The van der Waals surface area contributed by atoms with Crippen molar-refractivity contribution in [1.29, 1.82) is 0 Å². The Morgan fingerprint density at radius 1 is 1.47 bits per heavy atom. The molecule has 1 saturated carbocycles. The van der Waals surface area contributed by atoms with Crippen LogP contribution in [-0.4, -0.2) is 26.3 Å². The van der Waals surface area contributed by atoms with Crippen LogP contribution in [0.2, 0.25) is 5.02 Å². The number of nitrogens with zero attached hydrogens (tertiary/aromatic N) is 1. The summed E-state index contributed by atoms with van der Waals surface area (Å²) in [5.74, 6) is 0.533. The summed E-state index contributed by atoms with van der Waals surface area (Å²) in [7, 11) is -1.77. The van der Waals surface area contributed by atoms with Gasteiger partial charge in [0.05, 0.1) is 9.92 Å². The summed E-state index contributed by atoms with van der Waals surface area (Å²) in [6, 6.07) is 4.66. The van der Waals surface area contributed by atoms with E-state index in [9.17, 15) is 8.42 Å². The molecule has 0 atom stereocenters. The summed E-state index contributed by atoms with van der Waals surface area (Å²) < 4.78 is 26.5. The van der Waals surface area contributed by atoms with Gasteiger partial charge in [0.2, 0.25) is 10.0 Å². The average Bonchev–Trinajstić information content (AvgIpc) is 3.05. The third-order valence-electron chi connectivity index (χ3n) is 2.81. The van der Waals surface area contributed by atoms with Gasteiger partial charge in [0, 0.05) is 18.1 Å². The lowest BCUT2D eigenvalue weighted by atomic mass is 10.4. The Kier molecular flexibility index (Phi) is 3.83. The van der Waals surface area contributed by atoms with Crippen molar-refractivity contribution in [3.8, 4) is 0 Å². The van der Waals surface area contributed by atoms with Crippen LogP contribution < -0.4 is 0 Å². The van der Waals surface area contributed by atoms with Gasteiger partial charge in [-0.2, -0.15) is 0 Å². The van der Waals surface area contributed by atoms with E-state index in [1.54, 1.807) is 19.2 Å². The van der Waals surface area contributed by atoms with Crippen LogP contribution in [-0.2, 0) is 10.0 Å². The summed E-state index contributed by atoms with van der Waals surface area (Å²) in [5, 5.41) is 0.508. The van der Waals surface area contributed by atoms with E-state index in [0.717, 1.165) is 12.8 Å². The quantitative estimate of drug-likeness (QED) is 0.846. The summed E-state index contributed by atoms with van der Waals surface area (Å²) in [6.07, 6.45) is 2.26. The SMILES string of the molecule is CN(CC1CC1)S(=O)(=O)c1ccc(Cl)c(Br)c1. The summed E-state index contributed by atoms with van der Waals surface area (Å²) in [5.41, 5.74) is 0. The predicted molar refractivity (Wildman–Crippen MR) is 71.7 cm³/mol. The molecule has 0 aliphatic heterocycles. The molecule has 0 amide bonds. The number of hydrogen-bond donors (Lipinski definition) is 0. The molecule has 0 aromatic heterocycles. The average molecular weight is 339 g/mol. The molecule has 2 rings (SSSR count). The first-order valence-electron chi connectivity index (χ1n) is 5.32. The van der Waals surface area contributed by atoms with Gasteiger partial charge in [0.15, 0.2) is 0 Å². The Morgan fingerprint density at radius 3 is 2.65 bits per heavy atom. The Bertz CT molecular complexity index is 528. The summed E-state index contributed by atoms with van der Waals surface area (Å²) >= 11 is 9.09. The molecule has 0 heterocycles. The third-order valence-corrected chi connectivity index (χ3v) is 5.84. The largest absolute Gasteiger partial charge is 0.242 e. The highest BCUT2D eigenvalue weighted by molar-refractivity contribution is 9.10. The van der Waals surface area contributed by atoms with Crippen molar-refractivity contribution in [1.82, 2.24) is 4.31 Å². The molecule has 1 aliphatic rings. The smallest absolute Gasteiger partial charge is 0.207 e. The monoisotopic (exact) mass is 337 g/mol. The van der Waals surface area contributed by atoms with Crippen molar-refractivity contribution in [2.75, 3.05) is 13.6 Å². The Morgan fingerprint density at radius 2 is 2.12 bits per heavy atom. The first-order valence-corrected chi connectivity index (χ1v) is 7.94. The molecule has 1 aliphatic carbocycles. The molecule has 1 fully saturated rings. The van der Waals surface area contributed by atoms with Crippen molar-refractivity contribution in [2.24, 2.45) is 5.92 Å². The van der Waals surface area contributed by atoms with Crippen molar-refractivity contribution in [3.63, 3.8) is 0 Å². The highest BCUT2D eigenvalue weighted by Gasteiger charge is 2.29. The van der Waals surface area contributed by atoms with Crippen molar-refractivity contribution >= 4 is 37.6 Å². The fraction of sp³-hybridized carbons (Fsp3) is 0.455. The molecule has 94 valence electrons. The second kappa shape index (κ2) is 4.88. The highest BCUT2D eigenvalue weighted by atomic mass is 79.9. The lowest BCUT2D eigenvalue weighted by molar-refractivity contribution is 0.453. The van der Waals surface area contributed by atoms with E-state index >= 15 is 0 Å². The van der Waals surface area contributed by atoms with Gasteiger partial charge < -0.3 is 0 Å². The molecule has 1 aromatic carbocycles. The minimum Gasteiger partial charge on any atom is -0.207 e. The van der Waals surface area contributed by atoms with Gasteiger partial charge >= 0.3 is 0 Å². The molecule has 0 radical (unpaired) electrons. The molecule has 3 nitrogen and oxygen atoms in total. The fourth-order valence-corrected chi connectivity index (χ4v) is 3.50. The van der Waals surface area contributed by atoms with Crippen molar-refractivity contribution in [3.05, 3.63) is 27.7 Å². The van der Waals surface area contributed by atoms with Crippen molar-refractivity contribution < 1.29 is 8.42 Å². The van der Waals surface area contributed by atoms with E-state index < -0.39 is 10.0 Å². The van der Waals surface area contributed by atoms with E-state index in [4.69, 9.17) is 11.6 Å². The zero-order valence-corrected chi connectivity index (χ0v) is 12.5. The van der Waals surface area contributed by atoms with E-state index in [0.29, 0.717) is 22.0 Å². The zero-order valence-electron chi connectivity index (χ0n) is 9.36. The molecule has 6 heteroatoms. The topological polar surface area (TPSA) is 37.4 Å². The van der Waals surface area contributed by atoms with Gasteiger partial charge in [-0.15, -0.1) is 0 Å². The van der Waals surface area contributed by atoms with Crippen LogP contribution in [0, 0.1) is 5.92 Å². The van der Waals surface area contributed by atoms with E-state index in [-0.39, 0.29) is 4.90 Å².